The number of rotatable bonds is 7. The fraction of sp³-hybridized carbons (Fsp3) is 0. The summed E-state index contributed by atoms with van der Waals surface area (Å²) < 4.78 is 4.89. The molecule has 3 heterocycles. The highest BCUT2D eigenvalue weighted by molar-refractivity contribution is 7.26. The van der Waals surface area contributed by atoms with Crippen LogP contribution in [0.2, 0.25) is 0 Å². The Balaban J connectivity index is 0.924. The molecule has 12 rings (SSSR count). The lowest BCUT2D eigenvalue weighted by molar-refractivity contribution is 1.07. The van der Waals surface area contributed by atoms with Crippen LogP contribution in [-0.4, -0.2) is 19.5 Å². The lowest BCUT2D eigenvalue weighted by atomic mass is 9.97. The van der Waals surface area contributed by atoms with Crippen molar-refractivity contribution in [2.75, 3.05) is 0 Å². The summed E-state index contributed by atoms with van der Waals surface area (Å²) in [7, 11) is 0. The molecule has 3 aromatic heterocycles. The quantitative estimate of drug-likeness (QED) is 0.161. The summed E-state index contributed by atoms with van der Waals surface area (Å²) >= 11 is 1.85. The summed E-state index contributed by atoms with van der Waals surface area (Å²) in [5, 5.41) is 4.88. The maximum absolute atomic E-state index is 5.16. The van der Waals surface area contributed by atoms with Crippen molar-refractivity contribution in [3.8, 4) is 73.2 Å². The Hall–Kier alpha value is -7.99. The van der Waals surface area contributed by atoms with Gasteiger partial charge in [-0.25, -0.2) is 15.0 Å². The van der Waals surface area contributed by atoms with E-state index in [-0.39, 0.29) is 0 Å². The first-order valence-corrected chi connectivity index (χ1v) is 21.7. The van der Waals surface area contributed by atoms with Crippen LogP contribution in [0, 0.1) is 0 Å². The molecule has 0 aliphatic rings. The van der Waals surface area contributed by atoms with Gasteiger partial charge in [0.1, 0.15) is 0 Å². The largest absolute Gasteiger partial charge is 0.309 e. The molecule has 0 radical (unpaired) electrons. The van der Waals surface area contributed by atoms with Crippen LogP contribution in [-0.2, 0) is 0 Å². The Morgan fingerprint density at radius 2 is 0.806 bits per heavy atom. The molecular weight excluding hydrogens is 773 g/mol. The molecule has 0 spiro atoms. The summed E-state index contributed by atoms with van der Waals surface area (Å²) in [5.41, 5.74) is 13.5. The Labute approximate surface area is 362 Å². The zero-order valence-corrected chi connectivity index (χ0v) is 34.3. The van der Waals surface area contributed by atoms with Gasteiger partial charge in [-0.2, -0.15) is 0 Å². The molecule has 4 nitrogen and oxygen atoms in total. The molecule has 0 aliphatic carbocycles. The number of para-hydroxylation sites is 2. The van der Waals surface area contributed by atoms with E-state index in [2.05, 4.69) is 205 Å². The van der Waals surface area contributed by atoms with Gasteiger partial charge in [0.05, 0.1) is 11.0 Å². The van der Waals surface area contributed by atoms with E-state index in [9.17, 15) is 0 Å². The third kappa shape index (κ3) is 6.26. The lowest BCUT2D eigenvalue weighted by Gasteiger charge is -2.10. The molecule has 0 bridgehead atoms. The van der Waals surface area contributed by atoms with Gasteiger partial charge in [-0.1, -0.05) is 164 Å². The van der Waals surface area contributed by atoms with E-state index < -0.39 is 0 Å². The van der Waals surface area contributed by atoms with Crippen LogP contribution in [0.3, 0.4) is 0 Å². The SMILES string of the molecule is c1ccc(-c2cccc(-c3ccc4sc5c(-c6ccc(-c7nc(-c8ccccc8)nc(-c8ccc9c(c8)c8ccccc8n9-c8ccccc8)n7)cc6)cccc5c4c3)c2)cc1. The molecule has 0 aliphatic heterocycles. The average Bonchev–Trinajstić information content (AvgIpc) is 3.90. The maximum Gasteiger partial charge on any atom is 0.164 e. The van der Waals surface area contributed by atoms with E-state index in [1.54, 1.807) is 0 Å². The summed E-state index contributed by atoms with van der Waals surface area (Å²) in [6, 6.07) is 77.5. The molecular formula is C57H36N4S. The minimum absolute atomic E-state index is 0.635. The van der Waals surface area contributed by atoms with Crippen LogP contribution in [0.15, 0.2) is 218 Å². The smallest absolute Gasteiger partial charge is 0.164 e. The third-order valence-electron chi connectivity index (χ3n) is 11.9. The molecule has 0 saturated carbocycles. The second-order valence-electron chi connectivity index (χ2n) is 15.6. The predicted molar refractivity (Wildman–Crippen MR) is 260 cm³/mol. The molecule has 0 amide bonds. The summed E-state index contributed by atoms with van der Waals surface area (Å²) in [6.45, 7) is 0. The van der Waals surface area contributed by atoms with E-state index in [1.807, 2.05) is 29.5 Å². The van der Waals surface area contributed by atoms with Crippen molar-refractivity contribution >= 4 is 53.3 Å². The highest BCUT2D eigenvalue weighted by Gasteiger charge is 2.18. The number of aromatic nitrogens is 4. The molecule has 0 N–H and O–H groups in total. The van der Waals surface area contributed by atoms with Gasteiger partial charge >= 0.3 is 0 Å². The second kappa shape index (κ2) is 14.9. The molecule has 0 fully saturated rings. The van der Waals surface area contributed by atoms with Crippen molar-refractivity contribution in [3.05, 3.63) is 218 Å². The van der Waals surface area contributed by atoms with Crippen LogP contribution in [0.25, 0.3) is 115 Å². The van der Waals surface area contributed by atoms with E-state index in [0.29, 0.717) is 17.5 Å². The standard InChI is InChI=1S/C57H36N4S/c1-4-14-37(15-5-1)41-18-12-19-42(34-41)43-31-33-53-50(35-43)48-24-13-23-46(54(48)62-53)38-26-28-40(29-27-38)56-58-55(39-16-6-2-7-17-39)59-57(60-56)44-30-32-52-49(36-44)47-22-10-11-25-51(47)61(52)45-20-8-3-9-21-45/h1-36H. The second-order valence-corrected chi connectivity index (χ2v) is 16.7. The predicted octanol–water partition coefficient (Wildman–Crippen LogP) is 15.3. The van der Waals surface area contributed by atoms with E-state index >= 15 is 0 Å². The van der Waals surface area contributed by atoms with Gasteiger partial charge in [0.15, 0.2) is 17.5 Å². The van der Waals surface area contributed by atoms with Gasteiger partial charge < -0.3 is 4.57 Å². The minimum Gasteiger partial charge on any atom is -0.309 e. The highest BCUT2D eigenvalue weighted by atomic mass is 32.1. The number of thiophene rings is 1. The Morgan fingerprint density at radius 3 is 1.56 bits per heavy atom. The highest BCUT2D eigenvalue weighted by Crippen LogP contribution is 2.42. The van der Waals surface area contributed by atoms with Gasteiger partial charge in [-0.05, 0) is 88.0 Å². The van der Waals surface area contributed by atoms with Gasteiger partial charge in [0, 0.05) is 53.3 Å². The molecule has 12 aromatic rings. The first-order chi connectivity index (χ1) is 30.7. The molecule has 62 heavy (non-hydrogen) atoms. The van der Waals surface area contributed by atoms with Crippen LogP contribution < -0.4 is 0 Å². The zero-order valence-electron chi connectivity index (χ0n) is 33.5. The molecule has 9 aromatic carbocycles. The van der Waals surface area contributed by atoms with Crippen LogP contribution in [0.4, 0.5) is 0 Å². The Kier molecular flexibility index (Phi) is 8.65. The molecule has 0 atom stereocenters. The molecule has 5 heteroatoms. The molecule has 290 valence electrons. The average molecular weight is 809 g/mol. The fourth-order valence-corrected chi connectivity index (χ4v) is 10.0. The van der Waals surface area contributed by atoms with E-state index in [1.165, 1.54) is 53.4 Å². The van der Waals surface area contributed by atoms with Crippen LogP contribution >= 0.6 is 11.3 Å². The van der Waals surface area contributed by atoms with Crippen molar-refractivity contribution in [2.24, 2.45) is 0 Å². The summed E-state index contributed by atoms with van der Waals surface area (Å²) in [6.07, 6.45) is 0. The van der Waals surface area contributed by atoms with Crippen molar-refractivity contribution in [3.63, 3.8) is 0 Å². The number of benzene rings is 9. The number of nitrogens with zero attached hydrogens (tertiary/aromatic N) is 4. The monoisotopic (exact) mass is 808 g/mol. The van der Waals surface area contributed by atoms with Crippen molar-refractivity contribution in [1.82, 2.24) is 19.5 Å². The van der Waals surface area contributed by atoms with Crippen molar-refractivity contribution < 1.29 is 0 Å². The van der Waals surface area contributed by atoms with Gasteiger partial charge in [-0.15, -0.1) is 11.3 Å². The van der Waals surface area contributed by atoms with Crippen molar-refractivity contribution in [2.45, 2.75) is 0 Å². The Morgan fingerprint density at radius 1 is 0.306 bits per heavy atom. The third-order valence-corrected chi connectivity index (χ3v) is 13.1. The first-order valence-electron chi connectivity index (χ1n) is 20.8. The van der Waals surface area contributed by atoms with Gasteiger partial charge in [-0.3, -0.25) is 0 Å². The number of hydrogen-bond acceptors (Lipinski definition) is 4. The summed E-state index contributed by atoms with van der Waals surface area (Å²) in [5.74, 6) is 1.91. The number of hydrogen-bond donors (Lipinski definition) is 0. The minimum atomic E-state index is 0.635. The normalized spacial score (nSPS) is 11.5. The molecule has 0 unspecified atom stereocenters. The van der Waals surface area contributed by atoms with Gasteiger partial charge in [0.25, 0.3) is 0 Å². The van der Waals surface area contributed by atoms with Crippen LogP contribution in [0.5, 0.6) is 0 Å². The first kappa shape index (κ1) is 35.9. The summed E-state index contributed by atoms with van der Waals surface area (Å²) in [4.78, 5) is 15.3. The van der Waals surface area contributed by atoms with E-state index in [4.69, 9.17) is 15.0 Å². The van der Waals surface area contributed by atoms with Crippen molar-refractivity contribution in [1.29, 1.82) is 0 Å². The molecule has 0 saturated heterocycles. The number of fused-ring (bicyclic) bond motifs is 6. The lowest BCUT2D eigenvalue weighted by Crippen LogP contribution is -2.00. The van der Waals surface area contributed by atoms with Crippen LogP contribution in [0.1, 0.15) is 0 Å². The van der Waals surface area contributed by atoms with E-state index in [0.717, 1.165) is 44.4 Å². The fourth-order valence-electron chi connectivity index (χ4n) is 8.83. The maximum atomic E-state index is 5.16. The topological polar surface area (TPSA) is 43.6 Å². The van der Waals surface area contributed by atoms with Gasteiger partial charge in [0.2, 0.25) is 0 Å². The Bertz CT molecular complexity index is 3610. The zero-order chi connectivity index (χ0) is 41.0.